The van der Waals surface area contributed by atoms with Crippen molar-refractivity contribution in [2.45, 2.75) is 23.9 Å². The normalized spacial score (nSPS) is 11.6. The van der Waals surface area contributed by atoms with Crippen LogP contribution in [0.4, 0.5) is 16.4 Å². The Kier molecular flexibility index (Phi) is 9.31. The van der Waals surface area contributed by atoms with E-state index in [-0.39, 0.29) is 30.7 Å². The number of para-hydroxylation sites is 1. The van der Waals surface area contributed by atoms with Crippen LogP contribution in [0, 0.1) is 10.1 Å². The number of aromatic nitrogens is 2. The number of carbonyl (C=O) groups excluding carboxylic acids is 1. The predicted molar refractivity (Wildman–Crippen MR) is 123 cm³/mol. The van der Waals surface area contributed by atoms with Gasteiger partial charge in [0.25, 0.3) is 20.8 Å². The Morgan fingerprint density at radius 3 is 2.42 bits per heavy atom. The molecule has 1 aromatic heterocycles. The van der Waals surface area contributed by atoms with Crippen LogP contribution in [0.2, 0.25) is 0 Å². The topological polar surface area (TPSA) is 172 Å². The maximum Gasteiger partial charge on any atom is 0.335 e. The van der Waals surface area contributed by atoms with Crippen LogP contribution in [0.3, 0.4) is 0 Å². The summed E-state index contributed by atoms with van der Waals surface area (Å²) in [5, 5.41) is 12.0. The van der Waals surface area contributed by atoms with Crippen LogP contribution < -0.4 is 14.8 Å². The van der Waals surface area contributed by atoms with Crippen LogP contribution >= 0.6 is 19.8 Å². The number of nitrogens with zero attached hydrogens (tertiary/aromatic N) is 3. The number of hydrogen-bond donors (Lipinski definition) is 2. The lowest BCUT2D eigenvalue weighted by Gasteiger charge is -2.30. The number of anilines is 1. The smallest absolute Gasteiger partial charge is 0.335 e. The van der Waals surface area contributed by atoms with E-state index in [4.69, 9.17) is 14.2 Å². The van der Waals surface area contributed by atoms with Gasteiger partial charge >= 0.3 is 6.03 Å². The highest BCUT2D eigenvalue weighted by Crippen LogP contribution is 2.43. The summed E-state index contributed by atoms with van der Waals surface area (Å²) < 4.78 is 43.4. The molecule has 1 atom stereocenters. The summed E-state index contributed by atoms with van der Waals surface area (Å²) in [4.78, 5) is 30.2. The van der Waals surface area contributed by atoms with Crippen molar-refractivity contribution in [3.05, 3.63) is 46.1 Å². The number of sulfonamides is 1. The number of rotatable bonds is 11. The molecule has 2 amide bonds. The molecule has 0 aliphatic carbocycles. The summed E-state index contributed by atoms with van der Waals surface area (Å²) in [5.74, 6) is -0.276. The fourth-order valence-corrected chi connectivity index (χ4v) is 5.03. The van der Waals surface area contributed by atoms with Crippen molar-refractivity contribution in [3.8, 4) is 5.88 Å². The first kappa shape index (κ1) is 26.7. The Bertz CT molecular complexity index is 1110. The molecule has 13 nitrogen and oxygen atoms in total. The Hall–Kier alpha value is -2.58. The average molecular weight is 519 g/mol. The fourth-order valence-electron chi connectivity index (χ4n) is 2.58. The number of nitro benzene ring substituents is 1. The highest BCUT2D eigenvalue weighted by molar-refractivity contribution is 8.44. The SMILES string of the molecule is CCOC(OCC)(SP)c1cc(OC)nc(NC(=O)NS(=O)(=O)c2ccccc2[N+](=O)[O-])n1. The second kappa shape index (κ2) is 11.5. The molecule has 0 saturated heterocycles. The Balaban J connectivity index is 2.36. The Morgan fingerprint density at radius 1 is 1.24 bits per heavy atom. The van der Waals surface area contributed by atoms with E-state index in [1.165, 1.54) is 25.3 Å². The number of amides is 2. The van der Waals surface area contributed by atoms with E-state index in [0.29, 0.717) is 0 Å². The molecule has 0 bridgehead atoms. The van der Waals surface area contributed by atoms with Crippen LogP contribution in [0.1, 0.15) is 19.5 Å². The average Bonchev–Trinajstić information content (AvgIpc) is 2.78. The fraction of sp³-hybridized carbons (Fsp3) is 0.353. The summed E-state index contributed by atoms with van der Waals surface area (Å²) in [5.41, 5.74) is -0.497. The molecule has 0 fully saturated rings. The van der Waals surface area contributed by atoms with Crippen molar-refractivity contribution >= 4 is 47.5 Å². The van der Waals surface area contributed by atoms with Gasteiger partial charge in [-0.3, -0.25) is 15.4 Å². The van der Waals surface area contributed by atoms with Gasteiger partial charge in [-0.2, -0.15) is 4.98 Å². The molecular weight excluding hydrogens is 497 g/mol. The van der Waals surface area contributed by atoms with E-state index in [1.807, 2.05) is 0 Å². The van der Waals surface area contributed by atoms with E-state index in [0.717, 1.165) is 23.5 Å². The highest BCUT2D eigenvalue weighted by atomic mass is 32.7. The van der Waals surface area contributed by atoms with Gasteiger partial charge in [0.2, 0.25) is 11.8 Å². The summed E-state index contributed by atoms with van der Waals surface area (Å²) in [7, 11) is -0.832. The third kappa shape index (κ3) is 6.48. The van der Waals surface area contributed by atoms with E-state index in [9.17, 15) is 23.3 Å². The second-order valence-electron chi connectivity index (χ2n) is 5.94. The molecule has 33 heavy (non-hydrogen) atoms. The molecular formula is C17H22N5O8PS2. The summed E-state index contributed by atoms with van der Waals surface area (Å²) in [6, 6.07) is 4.79. The summed E-state index contributed by atoms with van der Waals surface area (Å²) in [6.45, 7) is 4.05. The van der Waals surface area contributed by atoms with Gasteiger partial charge in [0.15, 0.2) is 4.90 Å². The van der Waals surface area contributed by atoms with E-state index >= 15 is 0 Å². The zero-order chi connectivity index (χ0) is 24.6. The van der Waals surface area contributed by atoms with Crippen molar-refractivity contribution in [2.24, 2.45) is 0 Å². The van der Waals surface area contributed by atoms with Crippen LogP contribution in [-0.4, -0.2) is 49.7 Å². The molecule has 0 aliphatic heterocycles. The quantitative estimate of drug-likeness (QED) is 0.193. The summed E-state index contributed by atoms with van der Waals surface area (Å²) >= 11 is 1.12. The molecule has 1 unspecified atom stereocenters. The predicted octanol–water partition coefficient (Wildman–Crippen LogP) is 2.61. The summed E-state index contributed by atoms with van der Waals surface area (Å²) in [6.07, 6.45) is 0. The number of benzene rings is 1. The van der Waals surface area contributed by atoms with Crippen LogP contribution in [0.5, 0.6) is 5.88 Å². The minimum Gasteiger partial charge on any atom is -0.481 e. The first-order valence-corrected chi connectivity index (χ1v) is 13.1. The van der Waals surface area contributed by atoms with Crippen LogP contribution in [0.25, 0.3) is 0 Å². The number of carbonyl (C=O) groups is 1. The van der Waals surface area contributed by atoms with Crippen molar-refractivity contribution in [1.29, 1.82) is 0 Å². The van der Waals surface area contributed by atoms with Gasteiger partial charge < -0.3 is 14.2 Å². The zero-order valence-electron chi connectivity index (χ0n) is 17.8. The Morgan fingerprint density at radius 2 is 1.88 bits per heavy atom. The van der Waals surface area contributed by atoms with E-state index in [2.05, 4.69) is 23.7 Å². The minimum absolute atomic E-state index is 0.0414. The van der Waals surface area contributed by atoms with Crippen molar-refractivity contribution in [3.63, 3.8) is 0 Å². The lowest BCUT2D eigenvalue weighted by Crippen LogP contribution is -2.36. The number of methoxy groups -OCH3 is 1. The third-order valence-corrected chi connectivity index (χ3v) is 6.92. The van der Waals surface area contributed by atoms with E-state index in [1.54, 1.807) is 18.6 Å². The van der Waals surface area contributed by atoms with Gasteiger partial charge in [0.05, 0.1) is 12.0 Å². The zero-order valence-corrected chi connectivity index (χ0v) is 20.6. The largest absolute Gasteiger partial charge is 0.481 e. The van der Waals surface area contributed by atoms with Gasteiger partial charge in [0.1, 0.15) is 5.69 Å². The van der Waals surface area contributed by atoms with Gasteiger partial charge in [-0.25, -0.2) is 22.9 Å². The van der Waals surface area contributed by atoms with Crippen molar-refractivity contribution in [1.82, 2.24) is 14.7 Å². The van der Waals surface area contributed by atoms with E-state index < -0.39 is 36.7 Å². The van der Waals surface area contributed by atoms with Gasteiger partial charge in [0, 0.05) is 25.3 Å². The molecule has 1 heterocycles. The lowest BCUT2D eigenvalue weighted by molar-refractivity contribution is -0.387. The van der Waals surface area contributed by atoms with Crippen molar-refractivity contribution in [2.75, 3.05) is 25.6 Å². The Labute approximate surface area is 196 Å². The first-order chi connectivity index (χ1) is 15.6. The van der Waals surface area contributed by atoms with Crippen molar-refractivity contribution < 1.29 is 32.3 Å². The molecule has 2 N–H and O–H groups in total. The molecule has 0 aliphatic rings. The molecule has 2 rings (SSSR count). The molecule has 1 aromatic carbocycles. The highest BCUT2D eigenvalue weighted by Gasteiger charge is 2.37. The number of urea groups is 1. The van der Waals surface area contributed by atoms with Gasteiger partial charge in [-0.05, 0) is 19.9 Å². The molecule has 180 valence electrons. The number of hydrogen-bond acceptors (Lipinski definition) is 11. The molecule has 0 spiro atoms. The van der Waals surface area contributed by atoms with Crippen LogP contribution in [-0.2, 0) is 24.6 Å². The second-order valence-corrected chi connectivity index (χ2v) is 9.07. The maximum atomic E-state index is 12.5. The maximum absolute atomic E-state index is 12.5. The molecule has 0 radical (unpaired) electrons. The standard InChI is InChI=1S/C17H22N5O8PS2/c1-4-29-17(32-31,30-5-2)13-10-14(28-3)19-15(18-13)20-16(23)21-33(26,27)12-9-7-6-8-11(12)22(24)25/h6-10H,4-5,31H2,1-3H3,(H2,18,19,20,21,23). The van der Waals surface area contributed by atoms with Crippen LogP contribution in [0.15, 0.2) is 35.2 Å². The van der Waals surface area contributed by atoms with Gasteiger partial charge in [-0.15, -0.1) is 0 Å². The number of ether oxygens (including phenoxy) is 3. The van der Waals surface area contributed by atoms with Gasteiger partial charge in [-0.1, -0.05) is 32.0 Å². The molecule has 0 saturated carbocycles. The molecule has 2 aromatic rings. The lowest BCUT2D eigenvalue weighted by atomic mass is 10.3. The first-order valence-electron chi connectivity index (χ1n) is 9.29. The monoisotopic (exact) mass is 519 g/mol. The number of nitrogens with one attached hydrogen (secondary N) is 2. The molecule has 16 heteroatoms. The minimum atomic E-state index is -4.58. The number of nitro groups is 1. The third-order valence-electron chi connectivity index (χ3n) is 3.85.